The molecule has 0 saturated heterocycles. The molecule has 0 aliphatic heterocycles. The first-order chi connectivity index (χ1) is 14.1. The maximum Gasteiger partial charge on any atom is 0.286 e. The minimum absolute atomic E-state index is 0.0874. The molecule has 0 fully saturated rings. The van der Waals surface area contributed by atoms with Crippen LogP contribution in [0, 0.1) is 32.4 Å². The lowest BCUT2D eigenvalue weighted by Crippen LogP contribution is -2.25. The van der Waals surface area contributed by atoms with Gasteiger partial charge in [-0.05, 0) is 44.0 Å². The van der Waals surface area contributed by atoms with Gasteiger partial charge in [-0.25, -0.2) is 21.9 Å². The summed E-state index contributed by atoms with van der Waals surface area (Å²) in [6, 6.07) is 6.30. The highest BCUT2D eigenvalue weighted by Crippen LogP contribution is 2.22. The molecule has 0 aliphatic carbocycles. The minimum Gasteiger partial charge on any atom is -0.317 e. The summed E-state index contributed by atoms with van der Waals surface area (Å²) in [7, 11) is -3.80. The summed E-state index contributed by atoms with van der Waals surface area (Å²) < 4.78 is 54.5. The smallest absolute Gasteiger partial charge is 0.286 e. The number of rotatable bonds is 6. The zero-order valence-electron chi connectivity index (χ0n) is 16.3. The topological polar surface area (TPSA) is 101 Å². The van der Waals surface area contributed by atoms with Gasteiger partial charge in [-0.15, -0.1) is 10.2 Å². The average Bonchev–Trinajstić information content (AvgIpc) is 3.10. The molecule has 2 aromatic carbocycles. The summed E-state index contributed by atoms with van der Waals surface area (Å²) >= 11 is 0.858. The van der Waals surface area contributed by atoms with Gasteiger partial charge in [-0.2, -0.15) is 0 Å². The highest BCUT2D eigenvalue weighted by molar-refractivity contribution is 7.89. The van der Waals surface area contributed by atoms with Crippen molar-refractivity contribution in [2.24, 2.45) is 0 Å². The van der Waals surface area contributed by atoms with E-state index in [9.17, 15) is 22.0 Å². The highest BCUT2D eigenvalue weighted by atomic mass is 32.2. The number of sulfonamides is 1. The predicted molar refractivity (Wildman–Crippen MR) is 109 cm³/mol. The summed E-state index contributed by atoms with van der Waals surface area (Å²) in [5.74, 6) is -2.43. The van der Waals surface area contributed by atoms with Crippen molar-refractivity contribution >= 4 is 33.0 Å². The van der Waals surface area contributed by atoms with Crippen LogP contribution >= 0.6 is 11.3 Å². The van der Waals surface area contributed by atoms with Crippen molar-refractivity contribution in [3.63, 3.8) is 0 Å². The van der Waals surface area contributed by atoms with Gasteiger partial charge in [0.15, 0.2) is 0 Å². The van der Waals surface area contributed by atoms with Crippen molar-refractivity contribution in [3.8, 4) is 0 Å². The highest BCUT2D eigenvalue weighted by Gasteiger charge is 2.21. The van der Waals surface area contributed by atoms with Gasteiger partial charge in [-0.1, -0.05) is 29.0 Å². The van der Waals surface area contributed by atoms with Gasteiger partial charge in [0.05, 0.1) is 17.1 Å². The first-order valence-electron chi connectivity index (χ1n) is 8.73. The molecular formula is C19H18F2N4O3S2. The van der Waals surface area contributed by atoms with Crippen LogP contribution < -0.4 is 10.0 Å². The number of halogens is 2. The molecule has 3 rings (SSSR count). The summed E-state index contributed by atoms with van der Waals surface area (Å²) in [4.78, 5) is 12.4. The first kappa shape index (κ1) is 21.9. The van der Waals surface area contributed by atoms with Crippen LogP contribution in [0.3, 0.4) is 0 Å². The second kappa shape index (κ2) is 8.54. The van der Waals surface area contributed by atoms with E-state index in [1.807, 2.05) is 6.92 Å². The number of carbonyl (C=O) groups excluding carboxylic acids is 1. The third-order valence-electron chi connectivity index (χ3n) is 4.13. The van der Waals surface area contributed by atoms with Gasteiger partial charge in [0.1, 0.15) is 16.6 Å². The molecular weight excluding hydrogens is 434 g/mol. The van der Waals surface area contributed by atoms with E-state index >= 15 is 0 Å². The molecule has 0 atom stereocenters. The first-order valence-corrected chi connectivity index (χ1v) is 11.0. The van der Waals surface area contributed by atoms with E-state index in [0.717, 1.165) is 29.0 Å². The third kappa shape index (κ3) is 4.86. The molecule has 0 aliphatic rings. The number of aromatic nitrogens is 2. The number of hydrogen-bond acceptors (Lipinski definition) is 6. The molecule has 7 nitrogen and oxygen atoms in total. The molecule has 0 unspecified atom stereocenters. The quantitative estimate of drug-likeness (QED) is 0.596. The Hall–Kier alpha value is -2.76. The molecule has 0 bridgehead atoms. The summed E-state index contributed by atoms with van der Waals surface area (Å²) in [6.07, 6.45) is 0. The fraction of sp³-hybridized carbons (Fsp3) is 0.211. The van der Waals surface area contributed by atoms with Gasteiger partial charge in [0.2, 0.25) is 15.0 Å². The molecule has 3 aromatic rings. The Morgan fingerprint density at radius 3 is 2.37 bits per heavy atom. The van der Waals surface area contributed by atoms with Gasteiger partial charge >= 0.3 is 0 Å². The number of carbonyl (C=O) groups is 1. The Morgan fingerprint density at radius 1 is 1.07 bits per heavy atom. The molecule has 2 N–H and O–H groups in total. The Morgan fingerprint density at radius 2 is 1.73 bits per heavy atom. The van der Waals surface area contributed by atoms with Crippen molar-refractivity contribution < 1.29 is 22.0 Å². The van der Waals surface area contributed by atoms with E-state index < -0.39 is 27.6 Å². The number of aryl methyl sites for hydroxylation is 3. The molecule has 0 saturated carbocycles. The van der Waals surface area contributed by atoms with Crippen LogP contribution in [-0.2, 0) is 16.6 Å². The molecule has 1 heterocycles. The van der Waals surface area contributed by atoms with E-state index in [-0.39, 0.29) is 27.1 Å². The lowest BCUT2D eigenvalue weighted by atomic mass is 10.1. The second-order valence-electron chi connectivity index (χ2n) is 6.63. The van der Waals surface area contributed by atoms with E-state index in [0.29, 0.717) is 17.2 Å². The Kier molecular flexibility index (Phi) is 6.25. The Balaban J connectivity index is 1.70. The third-order valence-corrected chi connectivity index (χ3v) is 6.76. The van der Waals surface area contributed by atoms with E-state index in [1.54, 1.807) is 26.0 Å². The minimum atomic E-state index is -3.80. The van der Waals surface area contributed by atoms with E-state index in [1.165, 1.54) is 0 Å². The molecule has 0 spiro atoms. The lowest BCUT2D eigenvalue weighted by Gasteiger charge is -2.12. The van der Waals surface area contributed by atoms with E-state index in [2.05, 4.69) is 20.2 Å². The zero-order valence-corrected chi connectivity index (χ0v) is 17.9. The van der Waals surface area contributed by atoms with Gasteiger partial charge < -0.3 is 5.32 Å². The van der Waals surface area contributed by atoms with Crippen molar-refractivity contribution in [3.05, 3.63) is 68.7 Å². The van der Waals surface area contributed by atoms with Crippen LogP contribution in [0.15, 0.2) is 35.2 Å². The van der Waals surface area contributed by atoms with Gasteiger partial charge in [0, 0.05) is 6.07 Å². The van der Waals surface area contributed by atoms with Crippen LogP contribution in [0.25, 0.3) is 0 Å². The van der Waals surface area contributed by atoms with Crippen molar-refractivity contribution in [2.45, 2.75) is 32.2 Å². The standard InChI is InChI=1S/C19H18F2N4O3S2/c1-10-6-11(2)17(12(3)7-10)30(27,28)22-9-16-24-25-19(29-16)18(26)23-15-5-4-13(20)8-14(15)21/h4-8,22H,9H2,1-3H3,(H,23,26). The number of nitrogens with one attached hydrogen (secondary N) is 2. The maximum absolute atomic E-state index is 13.7. The maximum atomic E-state index is 13.7. The van der Waals surface area contributed by atoms with Crippen LogP contribution in [0.1, 0.15) is 31.5 Å². The molecule has 30 heavy (non-hydrogen) atoms. The number of anilines is 1. The van der Waals surface area contributed by atoms with Crippen LogP contribution in [0.2, 0.25) is 0 Å². The molecule has 11 heteroatoms. The van der Waals surface area contributed by atoms with Gasteiger partial charge in [-0.3, -0.25) is 4.79 Å². The summed E-state index contributed by atoms with van der Waals surface area (Å²) in [5, 5.41) is 9.94. The Labute approximate surface area is 176 Å². The van der Waals surface area contributed by atoms with Crippen molar-refractivity contribution in [1.82, 2.24) is 14.9 Å². The fourth-order valence-electron chi connectivity index (χ4n) is 3.00. The lowest BCUT2D eigenvalue weighted by molar-refractivity contribution is 0.102. The molecule has 0 radical (unpaired) electrons. The van der Waals surface area contributed by atoms with Crippen LogP contribution in [-0.4, -0.2) is 24.5 Å². The second-order valence-corrected chi connectivity index (χ2v) is 9.40. The predicted octanol–water partition coefficient (Wildman–Crippen LogP) is 3.47. The zero-order chi connectivity index (χ0) is 22.1. The molecule has 1 amide bonds. The summed E-state index contributed by atoms with van der Waals surface area (Å²) in [5.41, 5.74) is 2.00. The number of hydrogen-bond donors (Lipinski definition) is 2. The molecule has 158 valence electrons. The molecule has 1 aromatic heterocycles. The Bertz CT molecular complexity index is 1200. The SMILES string of the molecule is Cc1cc(C)c(S(=O)(=O)NCc2nnc(C(=O)Nc3ccc(F)cc3F)s2)c(C)c1. The number of nitrogens with zero attached hydrogens (tertiary/aromatic N) is 2. The normalized spacial score (nSPS) is 11.5. The monoisotopic (exact) mass is 452 g/mol. The van der Waals surface area contributed by atoms with E-state index in [4.69, 9.17) is 0 Å². The van der Waals surface area contributed by atoms with Gasteiger partial charge in [0.25, 0.3) is 5.91 Å². The van der Waals surface area contributed by atoms with Crippen LogP contribution in [0.4, 0.5) is 14.5 Å². The largest absolute Gasteiger partial charge is 0.317 e. The van der Waals surface area contributed by atoms with Crippen molar-refractivity contribution in [2.75, 3.05) is 5.32 Å². The average molecular weight is 453 g/mol. The fourth-order valence-corrected chi connectivity index (χ4v) is 5.21. The number of amides is 1. The van der Waals surface area contributed by atoms with Crippen molar-refractivity contribution in [1.29, 1.82) is 0 Å². The number of benzene rings is 2. The van der Waals surface area contributed by atoms with Crippen LogP contribution in [0.5, 0.6) is 0 Å². The summed E-state index contributed by atoms with van der Waals surface area (Å²) in [6.45, 7) is 5.16.